The van der Waals surface area contributed by atoms with Gasteiger partial charge in [0.05, 0.1) is 18.5 Å². The summed E-state index contributed by atoms with van der Waals surface area (Å²) >= 11 is 0. The number of carbonyl (C=O) groups excluding carboxylic acids is 1. The number of likely N-dealkylation sites (N-methyl/N-ethyl adjacent to an activating group) is 1. The maximum absolute atomic E-state index is 12.3. The monoisotopic (exact) mass is 266 g/mol. The van der Waals surface area contributed by atoms with Crippen LogP contribution in [0.4, 0.5) is 5.69 Å². The minimum absolute atomic E-state index is 0.0686. The van der Waals surface area contributed by atoms with Gasteiger partial charge < -0.3 is 15.3 Å². The third-order valence-corrected chi connectivity index (χ3v) is 2.68. The topological polar surface area (TPSA) is 78.4 Å². The summed E-state index contributed by atoms with van der Waals surface area (Å²) in [7, 11) is 1.64. The molecule has 2 N–H and O–H groups in total. The van der Waals surface area contributed by atoms with E-state index in [-0.39, 0.29) is 25.0 Å². The first-order valence-electron chi connectivity index (χ1n) is 6.48. The van der Waals surface area contributed by atoms with Crippen molar-refractivity contribution >= 4 is 11.6 Å². The van der Waals surface area contributed by atoms with Gasteiger partial charge >= 0.3 is 0 Å². The average molecular weight is 266 g/mol. The molecule has 1 aromatic rings. The zero-order valence-corrected chi connectivity index (χ0v) is 12.0. The molecule has 0 saturated heterocycles. The van der Waals surface area contributed by atoms with Crippen molar-refractivity contribution in [1.82, 2.24) is 14.9 Å². The van der Waals surface area contributed by atoms with Crippen molar-refractivity contribution in [2.75, 3.05) is 32.1 Å². The van der Waals surface area contributed by atoms with Gasteiger partial charge in [0, 0.05) is 26.1 Å². The lowest BCUT2D eigenvalue weighted by Gasteiger charge is -2.18. The second-order valence-electron chi connectivity index (χ2n) is 4.63. The van der Waals surface area contributed by atoms with E-state index in [4.69, 9.17) is 5.11 Å². The number of aliphatic hydroxyl groups excluding tert-OH is 1. The lowest BCUT2D eigenvalue weighted by molar-refractivity contribution is 0.0761. The minimum atomic E-state index is -0.214. The van der Waals surface area contributed by atoms with Crippen molar-refractivity contribution in [1.29, 1.82) is 0 Å². The second-order valence-corrected chi connectivity index (χ2v) is 4.63. The Morgan fingerprint density at radius 3 is 2.74 bits per heavy atom. The number of rotatable bonds is 6. The Hall–Kier alpha value is -1.69. The molecule has 0 aliphatic carbocycles. The van der Waals surface area contributed by atoms with Crippen LogP contribution in [0.25, 0.3) is 0 Å². The Balaban J connectivity index is 3.12. The lowest BCUT2D eigenvalue weighted by Crippen LogP contribution is -2.31. The summed E-state index contributed by atoms with van der Waals surface area (Å²) in [6.45, 7) is 6.81. The SMILES string of the molecule is CCNc1cnc(C(C)C)nc1C(=O)N(C)CCO. The normalized spacial score (nSPS) is 10.6. The van der Waals surface area contributed by atoms with E-state index in [1.165, 1.54) is 4.90 Å². The highest BCUT2D eigenvalue weighted by atomic mass is 16.3. The molecule has 0 aliphatic rings. The molecule has 0 saturated carbocycles. The van der Waals surface area contributed by atoms with Gasteiger partial charge in [0.1, 0.15) is 5.82 Å². The molecule has 6 nitrogen and oxygen atoms in total. The van der Waals surface area contributed by atoms with E-state index in [2.05, 4.69) is 15.3 Å². The molecule has 0 radical (unpaired) electrons. The quantitative estimate of drug-likeness (QED) is 0.806. The number of hydrogen-bond acceptors (Lipinski definition) is 5. The lowest BCUT2D eigenvalue weighted by atomic mass is 10.2. The molecule has 19 heavy (non-hydrogen) atoms. The van der Waals surface area contributed by atoms with E-state index < -0.39 is 0 Å². The molecule has 0 aromatic carbocycles. The van der Waals surface area contributed by atoms with Gasteiger partial charge in [0.25, 0.3) is 5.91 Å². The predicted molar refractivity (Wildman–Crippen MR) is 74.3 cm³/mol. The van der Waals surface area contributed by atoms with Crippen LogP contribution in [-0.2, 0) is 0 Å². The van der Waals surface area contributed by atoms with Crippen molar-refractivity contribution in [3.63, 3.8) is 0 Å². The Morgan fingerprint density at radius 1 is 1.53 bits per heavy atom. The fourth-order valence-electron chi connectivity index (χ4n) is 1.59. The van der Waals surface area contributed by atoms with Crippen LogP contribution >= 0.6 is 0 Å². The molecule has 6 heteroatoms. The molecule has 0 atom stereocenters. The standard InChI is InChI=1S/C13H22N4O2/c1-5-14-10-8-15-12(9(2)3)16-11(10)13(19)17(4)6-7-18/h8-9,14,18H,5-7H2,1-4H3. The number of nitrogens with one attached hydrogen (secondary N) is 1. The molecule has 0 bridgehead atoms. The van der Waals surface area contributed by atoms with Crippen LogP contribution in [0.5, 0.6) is 0 Å². The summed E-state index contributed by atoms with van der Waals surface area (Å²) in [6, 6.07) is 0. The predicted octanol–water partition coefficient (Wildman–Crippen LogP) is 1.10. The van der Waals surface area contributed by atoms with Gasteiger partial charge in [0.2, 0.25) is 0 Å². The Morgan fingerprint density at radius 2 is 2.21 bits per heavy atom. The summed E-state index contributed by atoms with van der Waals surface area (Å²) in [6.07, 6.45) is 1.64. The highest BCUT2D eigenvalue weighted by molar-refractivity contribution is 5.97. The first-order chi connectivity index (χ1) is 9.01. The fraction of sp³-hybridized carbons (Fsp3) is 0.615. The molecule has 1 rings (SSSR count). The number of aromatic nitrogens is 2. The van der Waals surface area contributed by atoms with E-state index in [1.807, 2.05) is 20.8 Å². The van der Waals surface area contributed by atoms with Crippen LogP contribution < -0.4 is 5.32 Å². The number of amides is 1. The smallest absolute Gasteiger partial charge is 0.274 e. The molecular formula is C13H22N4O2. The molecule has 1 aromatic heterocycles. The van der Waals surface area contributed by atoms with Crippen LogP contribution in [0.15, 0.2) is 6.20 Å². The molecule has 0 spiro atoms. The fourth-order valence-corrected chi connectivity index (χ4v) is 1.59. The summed E-state index contributed by atoms with van der Waals surface area (Å²) in [5.41, 5.74) is 0.984. The van der Waals surface area contributed by atoms with Gasteiger partial charge in [-0.1, -0.05) is 13.8 Å². The van der Waals surface area contributed by atoms with E-state index in [0.29, 0.717) is 23.8 Å². The van der Waals surface area contributed by atoms with Gasteiger partial charge in [-0.25, -0.2) is 9.97 Å². The van der Waals surface area contributed by atoms with Crippen molar-refractivity contribution in [2.24, 2.45) is 0 Å². The average Bonchev–Trinajstić information content (AvgIpc) is 2.38. The maximum atomic E-state index is 12.3. The van der Waals surface area contributed by atoms with Gasteiger partial charge in [-0.2, -0.15) is 0 Å². The van der Waals surface area contributed by atoms with Crippen LogP contribution in [0.1, 0.15) is 43.0 Å². The zero-order valence-electron chi connectivity index (χ0n) is 12.0. The van der Waals surface area contributed by atoms with Gasteiger partial charge in [-0.3, -0.25) is 4.79 Å². The summed E-state index contributed by atoms with van der Waals surface area (Å²) in [5.74, 6) is 0.585. The summed E-state index contributed by atoms with van der Waals surface area (Å²) < 4.78 is 0. The van der Waals surface area contributed by atoms with E-state index in [1.54, 1.807) is 13.2 Å². The molecule has 1 amide bonds. The zero-order chi connectivity index (χ0) is 14.4. The van der Waals surface area contributed by atoms with Crippen LogP contribution in [0.2, 0.25) is 0 Å². The van der Waals surface area contributed by atoms with Crippen molar-refractivity contribution in [3.8, 4) is 0 Å². The van der Waals surface area contributed by atoms with E-state index >= 15 is 0 Å². The largest absolute Gasteiger partial charge is 0.395 e. The van der Waals surface area contributed by atoms with Gasteiger partial charge in [-0.15, -0.1) is 0 Å². The Kier molecular flexibility index (Phi) is 5.69. The van der Waals surface area contributed by atoms with Gasteiger partial charge in [0.15, 0.2) is 5.69 Å². The number of anilines is 1. The first kappa shape index (κ1) is 15.4. The summed E-state index contributed by atoms with van der Waals surface area (Å²) in [5, 5.41) is 12.0. The van der Waals surface area contributed by atoms with E-state index in [9.17, 15) is 4.79 Å². The molecule has 1 heterocycles. The highest BCUT2D eigenvalue weighted by Crippen LogP contribution is 2.17. The van der Waals surface area contributed by atoms with Crippen molar-refractivity contribution in [2.45, 2.75) is 26.7 Å². The van der Waals surface area contributed by atoms with Crippen molar-refractivity contribution < 1.29 is 9.90 Å². The number of hydrogen-bond donors (Lipinski definition) is 2. The molecule has 0 unspecified atom stereocenters. The molecular weight excluding hydrogens is 244 g/mol. The maximum Gasteiger partial charge on any atom is 0.274 e. The number of nitrogens with zero attached hydrogens (tertiary/aromatic N) is 3. The van der Waals surface area contributed by atoms with Gasteiger partial charge in [-0.05, 0) is 6.92 Å². The molecule has 106 valence electrons. The molecule has 0 fully saturated rings. The second kappa shape index (κ2) is 7.04. The van der Waals surface area contributed by atoms with Crippen molar-refractivity contribution in [3.05, 3.63) is 17.7 Å². The minimum Gasteiger partial charge on any atom is -0.395 e. The van der Waals surface area contributed by atoms with Crippen LogP contribution in [0, 0.1) is 0 Å². The third-order valence-electron chi connectivity index (χ3n) is 2.68. The summed E-state index contributed by atoms with van der Waals surface area (Å²) in [4.78, 5) is 22.3. The number of carbonyl (C=O) groups is 1. The van der Waals surface area contributed by atoms with Crippen LogP contribution in [0.3, 0.4) is 0 Å². The number of aliphatic hydroxyl groups is 1. The van der Waals surface area contributed by atoms with Crippen LogP contribution in [-0.4, -0.2) is 52.6 Å². The third kappa shape index (κ3) is 3.89. The first-order valence-corrected chi connectivity index (χ1v) is 6.48. The molecule has 0 aliphatic heterocycles. The Bertz CT molecular complexity index is 435. The Labute approximate surface area is 113 Å². The highest BCUT2D eigenvalue weighted by Gasteiger charge is 2.19. The van der Waals surface area contributed by atoms with E-state index in [0.717, 1.165) is 0 Å².